The van der Waals surface area contributed by atoms with Crippen LogP contribution in [0.5, 0.6) is 0 Å². The number of thioether (sulfide) groups is 1. The number of carbonyl (C=O) groups is 1. The highest BCUT2D eigenvalue weighted by Crippen LogP contribution is 2.24. The Balaban J connectivity index is 1.68. The van der Waals surface area contributed by atoms with Gasteiger partial charge in [0.1, 0.15) is 21.8 Å². The van der Waals surface area contributed by atoms with Crippen LogP contribution in [0.3, 0.4) is 0 Å². The van der Waals surface area contributed by atoms with Gasteiger partial charge in [0.15, 0.2) is 0 Å². The minimum absolute atomic E-state index is 0.0347. The molecule has 0 aliphatic carbocycles. The Morgan fingerprint density at radius 1 is 1.22 bits per heavy atom. The van der Waals surface area contributed by atoms with Gasteiger partial charge in [0, 0.05) is 32.0 Å². The molecule has 0 saturated carbocycles. The van der Waals surface area contributed by atoms with E-state index in [1.165, 1.54) is 0 Å². The van der Waals surface area contributed by atoms with Gasteiger partial charge in [0.25, 0.3) is 0 Å². The van der Waals surface area contributed by atoms with Gasteiger partial charge in [0.2, 0.25) is 5.91 Å². The number of nitrogens with one attached hydrogen (secondary N) is 1. The van der Waals surface area contributed by atoms with Crippen LogP contribution < -0.4 is 5.32 Å². The standard InChI is InChI=1S/C14H27B2NO5S/c1-19-5-10-8(3-12(15)21-10)17-14(18)7-23-6-11-9(20-2)4-13(16)22-11/h8-13H,3-7,15-16H2,1-2H3,(H,17,18)/t8?,9?,10-,11-,12-,13-/m1/s1. The second-order valence-corrected chi connectivity index (χ2v) is 7.39. The first-order valence-electron chi connectivity index (χ1n) is 8.23. The molecule has 0 bridgehead atoms. The van der Waals surface area contributed by atoms with Crippen molar-refractivity contribution in [1.82, 2.24) is 5.32 Å². The van der Waals surface area contributed by atoms with Crippen molar-refractivity contribution in [3.8, 4) is 0 Å². The van der Waals surface area contributed by atoms with E-state index < -0.39 is 0 Å². The van der Waals surface area contributed by atoms with Crippen molar-refractivity contribution in [2.45, 2.75) is 49.2 Å². The zero-order chi connectivity index (χ0) is 16.8. The molecule has 23 heavy (non-hydrogen) atoms. The van der Waals surface area contributed by atoms with Crippen molar-refractivity contribution < 1.29 is 23.7 Å². The number of ether oxygens (including phenoxy) is 4. The van der Waals surface area contributed by atoms with Crippen LogP contribution in [0.25, 0.3) is 0 Å². The Bertz CT molecular complexity index is 392. The van der Waals surface area contributed by atoms with Crippen molar-refractivity contribution in [3.63, 3.8) is 0 Å². The monoisotopic (exact) mass is 343 g/mol. The lowest BCUT2D eigenvalue weighted by Gasteiger charge is -2.20. The summed E-state index contributed by atoms with van der Waals surface area (Å²) in [4.78, 5) is 12.1. The molecule has 2 aliphatic rings. The summed E-state index contributed by atoms with van der Waals surface area (Å²) in [5.41, 5.74) is 0. The molecule has 130 valence electrons. The third-order valence-electron chi connectivity index (χ3n) is 4.32. The molecule has 0 aromatic rings. The van der Waals surface area contributed by atoms with Gasteiger partial charge in [-0.1, -0.05) is 0 Å². The van der Waals surface area contributed by atoms with Crippen LogP contribution in [0, 0.1) is 0 Å². The Morgan fingerprint density at radius 3 is 2.61 bits per heavy atom. The van der Waals surface area contributed by atoms with Crippen LogP contribution >= 0.6 is 11.8 Å². The summed E-state index contributed by atoms with van der Waals surface area (Å²) in [6, 6.07) is 0.419. The van der Waals surface area contributed by atoms with Crippen LogP contribution in [0.1, 0.15) is 12.8 Å². The first kappa shape index (κ1) is 19.1. The summed E-state index contributed by atoms with van der Waals surface area (Å²) in [6.45, 7) is 0.506. The van der Waals surface area contributed by atoms with Crippen LogP contribution in [0.15, 0.2) is 0 Å². The van der Waals surface area contributed by atoms with E-state index >= 15 is 0 Å². The second-order valence-electron chi connectivity index (χ2n) is 6.36. The van der Waals surface area contributed by atoms with Gasteiger partial charge in [-0.2, -0.15) is 0 Å². The highest BCUT2D eigenvalue weighted by molar-refractivity contribution is 7.99. The quantitative estimate of drug-likeness (QED) is 0.534. The zero-order valence-corrected chi connectivity index (χ0v) is 15.3. The van der Waals surface area contributed by atoms with Gasteiger partial charge >= 0.3 is 0 Å². The molecule has 9 heteroatoms. The molecule has 6 atom stereocenters. The number of methoxy groups -OCH3 is 2. The lowest BCUT2D eigenvalue weighted by Crippen LogP contribution is -2.43. The topological polar surface area (TPSA) is 66.0 Å². The van der Waals surface area contributed by atoms with Crippen molar-refractivity contribution in [2.75, 3.05) is 32.3 Å². The van der Waals surface area contributed by atoms with Gasteiger partial charge in [-0.15, -0.1) is 11.8 Å². The number of rotatable bonds is 8. The van der Waals surface area contributed by atoms with E-state index in [1.54, 1.807) is 26.0 Å². The molecule has 2 saturated heterocycles. The number of hydrogen-bond donors (Lipinski definition) is 1. The lowest BCUT2D eigenvalue weighted by molar-refractivity contribution is -0.119. The Hall–Kier alpha value is -0.210. The summed E-state index contributed by atoms with van der Waals surface area (Å²) < 4.78 is 22.2. The van der Waals surface area contributed by atoms with Crippen LogP contribution in [-0.2, 0) is 23.7 Å². The summed E-state index contributed by atoms with van der Waals surface area (Å²) in [5.74, 6) is 1.24. The van der Waals surface area contributed by atoms with Crippen LogP contribution in [0.4, 0.5) is 0 Å². The van der Waals surface area contributed by atoms with E-state index in [0.29, 0.717) is 12.4 Å². The van der Waals surface area contributed by atoms with Crippen molar-refractivity contribution in [2.24, 2.45) is 0 Å². The lowest BCUT2D eigenvalue weighted by atomic mass is 9.95. The molecular formula is C14H27B2NO5S. The minimum Gasteiger partial charge on any atom is -0.382 e. The predicted molar refractivity (Wildman–Crippen MR) is 95.6 cm³/mol. The van der Waals surface area contributed by atoms with Crippen molar-refractivity contribution >= 4 is 33.4 Å². The fourth-order valence-corrected chi connectivity index (χ4v) is 4.17. The van der Waals surface area contributed by atoms with Gasteiger partial charge in [-0.3, -0.25) is 4.79 Å². The molecule has 0 spiro atoms. The number of hydrogen-bond acceptors (Lipinski definition) is 6. The SMILES string of the molecule is B[C@H]1CC(NC(=O)CSC[C@H]2O[C@@H](B)CC2OC)[C@@H](COC)O1. The van der Waals surface area contributed by atoms with E-state index in [0.717, 1.165) is 18.6 Å². The first-order valence-corrected chi connectivity index (χ1v) is 9.38. The zero-order valence-electron chi connectivity index (χ0n) is 14.4. The molecule has 2 rings (SSSR count). The minimum atomic E-state index is -0.0548. The molecule has 2 heterocycles. The van der Waals surface area contributed by atoms with Gasteiger partial charge in [-0.25, -0.2) is 0 Å². The maximum Gasteiger partial charge on any atom is 0.230 e. The summed E-state index contributed by atoms with van der Waals surface area (Å²) in [7, 11) is 7.44. The number of amides is 1. The molecule has 0 aromatic carbocycles. The Labute approximate surface area is 144 Å². The molecule has 2 unspecified atom stereocenters. The molecule has 1 N–H and O–H groups in total. The number of carbonyl (C=O) groups excluding carboxylic acids is 1. The fourth-order valence-electron chi connectivity index (χ4n) is 3.26. The summed E-state index contributed by atoms with van der Waals surface area (Å²) >= 11 is 1.59. The molecule has 0 radical (unpaired) electrons. The normalized spacial score (nSPS) is 37.1. The summed E-state index contributed by atoms with van der Waals surface area (Å²) in [6.07, 6.45) is 1.91. The van der Waals surface area contributed by atoms with Gasteiger partial charge < -0.3 is 24.3 Å². The fraction of sp³-hybridized carbons (Fsp3) is 0.929. The van der Waals surface area contributed by atoms with Crippen molar-refractivity contribution in [3.05, 3.63) is 0 Å². The third kappa shape index (κ3) is 5.67. The van der Waals surface area contributed by atoms with E-state index in [2.05, 4.69) is 13.2 Å². The van der Waals surface area contributed by atoms with E-state index in [-0.39, 0.29) is 42.3 Å². The highest BCUT2D eigenvalue weighted by Gasteiger charge is 2.34. The molecule has 0 aromatic heterocycles. The van der Waals surface area contributed by atoms with Gasteiger partial charge in [-0.05, 0) is 12.8 Å². The smallest absolute Gasteiger partial charge is 0.230 e. The van der Waals surface area contributed by atoms with E-state index in [4.69, 9.17) is 18.9 Å². The Morgan fingerprint density at radius 2 is 1.91 bits per heavy atom. The first-order chi connectivity index (χ1) is 11.0. The molecular weight excluding hydrogens is 316 g/mol. The summed E-state index contributed by atoms with van der Waals surface area (Å²) in [5, 5.41) is 3.07. The average Bonchev–Trinajstić information content (AvgIpc) is 3.02. The van der Waals surface area contributed by atoms with Gasteiger partial charge in [0.05, 0.1) is 30.6 Å². The molecule has 2 fully saturated rings. The predicted octanol–water partition coefficient (Wildman–Crippen LogP) is -1.64. The highest BCUT2D eigenvalue weighted by atomic mass is 32.2. The molecule has 2 aliphatic heterocycles. The molecule has 6 nitrogen and oxygen atoms in total. The maximum atomic E-state index is 12.1. The van der Waals surface area contributed by atoms with E-state index in [1.807, 2.05) is 7.85 Å². The van der Waals surface area contributed by atoms with Crippen molar-refractivity contribution in [1.29, 1.82) is 0 Å². The molecule has 1 amide bonds. The second kappa shape index (κ2) is 9.32. The third-order valence-corrected chi connectivity index (χ3v) is 5.35. The largest absolute Gasteiger partial charge is 0.382 e. The maximum absolute atomic E-state index is 12.1. The van der Waals surface area contributed by atoms with E-state index in [9.17, 15) is 4.79 Å². The Kier molecular flexibility index (Phi) is 7.75. The van der Waals surface area contributed by atoms with Crippen LogP contribution in [0.2, 0.25) is 0 Å². The average molecular weight is 343 g/mol. The van der Waals surface area contributed by atoms with Crippen LogP contribution in [-0.4, -0.2) is 90.3 Å².